The van der Waals surface area contributed by atoms with Crippen molar-refractivity contribution in [3.8, 4) is 32.4 Å². The van der Waals surface area contributed by atoms with Crippen LogP contribution in [-0.2, 0) is 12.2 Å². The summed E-state index contributed by atoms with van der Waals surface area (Å²) in [6.07, 6.45) is 0.612. The highest BCUT2D eigenvalue weighted by atomic mass is 32.2. The fraction of sp³-hybridized carbons (Fsp3) is 0.310. The summed E-state index contributed by atoms with van der Waals surface area (Å²) in [6.45, 7) is 7.66. The lowest BCUT2D eigenvalue weighted by molar-refractivity contribution is 0.0810. The summed E-state index contributed by atoms with van der Waals surface area (Å²) in [6, 6.07) is 18.8. The zero-order chi connectivity index (χ0) is 25.9. The molecule has 1 N–H and O–H groups in total. The van der Waals surface area contributed by atoms with E-state index in [1.807, 2.05) is 45.9 Å². The third-order valence-corrected chi connectivity index (χ3v) is 7.82. The van der Waals surface area contributed by atoms with Crippen LogP contribution in [0, 0.1) is 13.8 Å². The van der Waals surface area contributed by atoms with Crippen LogP contribution in [0.25, 0.3) is 20.9 Å². The first-order valence-electron chi connectivity index (χ1n) is 11.8. The number of benzene rings is 2. The number of aryl methyl sites for hydroxylation is 2. The minimum Gasteiger partial charge on any atom is -0.493 e. The molecule has 36 heavy (non-hydrogen) atoms. The standard InChI is InChI=1S/C29H32N2O3S2/c1-18-13-19(2)31-28(30-18)35-17-23-15-26(22-11-12-24(33-5)25(14-22)34-6)36-27(23)21-9-7-20(8-10-21)16-29(3,4)32/h7-15,32H,16-17H2,1-6H3. The number of aromatic nitrogens is 2. The van der Waals surface area contributed by atoms with E-state index in [0.717, 1.165) is 43.9 Å². The van der Waals surface area contributed by atoms with Crippen molar-refractivity contribution in [2.24, 2.45) is 0 Å². The molecule has 0 saturated carbocycles. The smallest absolute Gasteiger partial charge is 0.188 e. The highest BCUT2D eigenvalue weighted by Gasteiger charge is 2.17. The summed E-state index contributed by atoms with van der Waals surface area (Å²) in [5.41, 5.74) is 5.79. The van der Waals surface area contributed by atoms with Crippen LogP contribution in [-0.4, -0.2) is 34.9 Å². The Balaban J connectivity index is 1.70. The number of ether oxygens (including phenoxy) is 2. The number of thioether (sulfide) groups is 1. The van der Waals surface area contributed by atoms with Gasteiger partial charge in [-0.2, -0.15) is 0 Å². The second kappa shape index (κ2) is 11.0. The normalized spacial score (nSPS) is 11.5. The maximum Gasteiger partial charge on any atom is 0.188 e. The van der Waals surface area contributed by atoms with E-state index in [1.54, 1.807) is 37.3 Å². The molecule has 5 nitrogen and oxygen atoms in total. The topological polar surface area (TPSA) is 64.5 Å². The van der Waals surface area contributed by atoms with E-state index in [1.165, 1.54) is 10.4 Å². The van der Waals surface area contributed by atoms with Gasteiger partial charge in [0.15, 0.2) is 16.7 Å². The Bertz CT molecular complexity index is 1320. The van der Waals surface area contributed by atoms with E-state index >= 15 is 0 Å². The van der Waals surface area contributed by atoms with Gasteiger partial charge in [-0.3, -0.25) is 0 Å². The summed E-state index contributed by atoms with van der Waals surface area (Å²) in [4.78, 5) is 11.6. The van der Waals surface area contributed by atoms with Crippen molar-refractivity contribution in [1.82, 2.24) is 9.97 Å². The minimum atomic E-state index is -0.737. The van der Waals surface area contributed by atoms with Gasteiger partial charge in [0.2, 0.25) is 0 Å². The van der Waals surface area contributed by atoms with E-state index < -0.39 is 5.60 Å². The monoisotopic (exact) mass is 520 g/mol. The Hall–Kier alpha value is -2.87. The molecule has 0 radical (unpaired) electrons. The van der Waals surface area contributed by atoms with Gasteiger partial charge in [-0.05, 0) is 80.3 Å². The number of rotatable bonds is 9. The first-order chi connectivity index (χ1) is 17.1. The van der Waals surface area contributed by atoms with Crippen LogP contribution in [0.1, 0.15) is 36.4 Å². The molecule has 2 heterocycles. The predicted molar refractivity (Wildman–Crippen MR) is 149 cm³/mol. The van der Waals surface area contributed by atoms with Gasteiger partial charge in [-0.15, -0.1) is 11.3 Å². The van der Waals surface area contributed by atoms with E-state index in [4.69, 9.17) is 9.47 Å². The fourth-order valence-electron chi connectivity index (χ4n) is 4.09. The SMILES string of the molecule is COc1ccc(-c2cc(CSc3nc(C)cc(C)n3)c(-c3ccc(CC(C)(C)O)cc3)s2)cc1OC. The second-order valence-electron chi connectivity index (χ2n) is 9.44. The number of aliphatic hydroxyl groups is 1. The molecule has 0 bridgehead atoms. The molecule has 0 amide bonds. The van der Waals surface area contributed by atoms with Gasteiger partial charge in [0.1, 0.15) is 0 Å². The Morgan fingerprint density at radius 3 is 2.11 bits per heavy atom. The molecule has 0 saturated heterocycles. The van der Waals surface area contributed by atoms with Gasteiger partial charge in [0.25, 0.3) is 0 Å². The van der Waals surface area contributed by atoms with Crippen molar-refractivity contribution < 1.29 is 14.6 Å². The Kier molecular flexibility index (Phi) is 8.03. The van der Waals surface area contributed by atoms with Crippen molar-refractivity contribution in [3.63, 3.8) is 0 Å². The van der Waals surface area contributed by atoms with Crippen LogP contribution in [0.5, 0.6) is 11.5 Å². The highest BCUT2D eigenvalue weighted by Crippen LogP contribution is 2.42. The van der Waals surface area contributed by atoms with E-state index in [0.29, 0.717) is 17.9 Å². The lowest BCUT2D eigenvalue weighted by Crippen LogP contribution is -2.21. The van der Waals surface area contributed by atoms with Gasteiger partial charge in [-0.1, -0.05) is 36.0 Å². The van der Waals surface area contributed by atoms with Crippen molar-refractivity contribution in [3.05, 3.63) is 77.1 Å². The van der Waals surface area contributed by atoms with Crippen LogP contribution in [0.2, 0.25) is 0 Å². The summed E-state index contributed by atoms with van der Waals surface area (Å²) in [7, 11) is 3.30. The Morgan fingerprint density at radius 2 is 1.50 bits per heavy atom. The Labute approximate surface area is 221 Å². The largest absolute Gasteiger partial charge is 0.493 e. The number of methoxy groups -OCH3 is 2. The quantitative estimate of drug-likeness (QED) is 0.187. The molecule has 0 spiro atoms. The molecule has 0 fully saturated rings. The number of hydrogen-bond acceptors (Lipinski definition) is 7. The first-order valence-corrected chi connectivity index (χ1v) is 13.6. The van der Waals surface area contributed by atoms with Gasteiger partial charge >= 0.3 is 0 Å². The zero-order valence-electron chi connectivity index (χ0n) is 21.6. The first kappa shape index (κ1) is 26.2. The lowest BCUT2D eigenvalue weighted by Gasteiger charge is -2.17. The predicted octanol–water partition coefficient (Wildman–Crippen LogP) is 7.11. The van der Waals surface area contributed by atoms with Gasteiger partial charge in [0.05, 0.1) is 19.8 Å². The molecule has 0 atom stereocenters. The number of thiophene rings is 1. The van der Waals surface area contributed by atoms with Crippen LogP contribution in [0.3, 0.4) is 0 Å². The van der Waals surface area contributed by atoms with Gasteiger partial charge in [-0.25, -0.2) is 9.97 Å². The number of hydrogen-bond donors (Lipinski definition) is 1. The van der Waals surface area contributed by atoms with Crippen LogP contribution >= 0.6 is 23.1 Å². The summed E-state index contributed by atoms with van der Waals surface area (Å²) >= 11 is 3.41. The van der Waals surface area contributed by atoms with Crippen LogP contribution < -0.4 is 9.47 Å². The van der Waals surface area contributed by atoms with Gasteiger partial charge < -0.3 is 14.6 Å². The molecule has 188 valence electrons. The molecular formula is C29H32N2O3S2. The lowest BCUT2D eigenvalue weighted by atomic mass is 9.97. The fourth-order valence-corrected chi connectivity index (χ4v) is 6.29. The van der Waals surface area contributed by atoms with E-state index in [9.17, 15) is 5.11 Å². The zero-order valence-corrected chi connectivity index (χ0v) is 23.2. The maximum absolute atomic E-state index is 10.2. The molecule has 0 aliphatic carbocycles. The highest BCUT2D eigenvalue weighted by molar-refractivity contribution is 7.98. The minimum absolute atomic E-state index is 0.612. The van der Waals surface area contributed by atoms with Crippen LogP contribution in [0.15, 0.2) is 59.8 Å². The summed E-state index contributed by atoms with van der Waals surface area (Å²) < 4.78 is 11.0. The molecule has 7 heteroatoms. The van der Waals surface area contributed by atoms with Crippen molar-refractivity contribution in [2.45, 2.75) is 50.6 Å². The van der Waals surface area contributed by atoms with Crippen LogP contribution in [0.4, 0.5) is 0 Å². The van der Waals surface area contributed by atoms with Crippen molar-refractivity contribution in [2.75, 3.05) is 14.2 Å². The average molecular weight is 521 g/mol. The molecule has 4 aromatic rings. The molecular weight excluding hydrogens is 488 g/mol. The van der Waals surface area contributed by atoms with Gasteiger partial charge in [0, 0.05) is 33.3 Å². The molecule has 0 unspecified atom stereocenters. The van der Waals surface area contributed by atoms with Crippen molar-refractivity contribution >= 4 is 23.1 Å². The second-order valence-corrected chi connectivity index (χ2v) is 11.4. The van der Waals surface area contributed by atoms with Crippen molar-refractivity contribution in [1.29, 1.82) is 0 Å². The third-order valence-electron chi connectivity index (χ3n) is 5.65. The maximum atomic E-state index is 10.2. The Morgan fingerprint density at radius 1 is 0.861 bits per heavy atom. The third kappa shape index (κ3) is 6.46. The molecule has 0 aliphatic heterocycles. The van der Waals surface area contributed by atoms with E-state index in [-0.39, 0.29) is 0 Å². The average Bonchev–Trinajstić information content (AvgIpc) is 3.25. The molecule has 0 aliphatic rings. The molecule has 2 aromatic carbocycles. The molecule has 2 aromatic heterocycles. The summed E-state index contributed by atoms with van der Waals surface area (Å²) in [5.74, 6) is 2.18. The number of nitrogens with zero attached hydrogens (tertiary/aromatic N) is 2. The molecule has 4 rings (SSSR count). The summed E-state index contributed by atoms with van der Waals surface area (Å²) in [5, 5.41) is 11.0. The van der Waals surface area contributed by atoms with E-state index in [2.05, 4.69) is 46.4 Å².